The summed E-state index contributed by atoms with van der Waals surface area (Å²) >= 11 is 0. The number of nitrogens with zero attached hydrogens (tertiary/aromatic N) is 2. The first-order valence-corrected chi connectivity index (χ1v) is 24.1. The number of amides is 4. The summed E-state index contributed by atoms with van der Waals surface area (Å²) in [7, 11) is 1.08. The normalized spacial score (nSPS) is 15.6. The van der Waals surface area contributed by atoms with Gasteiger partial charge in [0.1, 0.15) is 23.3 Å². The van der Waals surface area contributed by atoms with Gasteiger partial charge in [-0.3, -0.25) is 29.2 Å². The third kappa shape index (κ3) is 14.6. The number of nitrogens with one attached hydrogen (secondary N) is 4. The van der Waals surface area contributed by atoms with Crippen LogP contribution in [-0.4, -0.2) is 81.9 Å². The molecule has 2 aliphatic carbocycles. The Morgan fingerprint density at radius 3 is 1.09 bits per heavy atom. The zero-order valence-electron chi connectivity index (χ0n) is 39.4. The molecule has 2 fully saturated rings. The van der Waals surface area contributed by atoms with Crippen LogP contribution in [0.5, 0.6) is 0 Å². The molecule has 2 aliphatic rings. The van der Waals surface area contributed by atoms with Crippen LogP contribution in [0.3, 0.4) is 0 Å². The van der Waals surface area contributed by atoms with Gasteiger partial charge in [0.15, 0.2) is 11.9 Å². The van der Waals surface area contributed by atoms with E-state index >= 15 is 0 Å². The Morgan fingerprint density at radius 2 is 0.797 bits per heavy atom. The molecule has 0 heterocycles. The van der Waals surface area contributed by atoms with Gasteiger partial charge in [0.25, 0.3) is 0 Å². The number of hydrogen-bond acceptors (Lipinski definition) is 8. The van der Waals surface area contributed by atoms with Crippen LogP contribution in [0.1, 0.15) is 111 Å². The third-order valence-corrected chi connectivity index (χ3v) is 13.3. The van der Waals surface area contributed by atoms with Crippen molar-refractivity contribution in [1.82, 2.24) is 21.3 Å². The van der Waals surface area contributed by atoms with E-state index in [9.17, 15) is 19.2 Å². The summed E-state index contributed by atoms with van der Waals surface area (Å²) in [6.45, 7) is 1.11. The predicted octanol–water partition coefficient (Wildman–Crippen LogP) is 4.56. The maximum absolute atomic E-state index is 14.4. The fourth-order valence-electron chi connectivity index (χ4n) is 9.45. The van der Waals surface area contributed by atoms with Crippen LogP contribution < -0.4 is 44.2 Å². The Bertz CT molecular complexity index is 2050. The highest BCUT2D eigenvalue weighted by Gasteiger charge is 2.50. The van der Waals surface area contributed by atoms with Crippen LogP contribution >= 0.6 is 0 Å². The maximum Gasteiger partial charge on any atom is 0.491 e. The second-order valence-corrected chi connectivity index (χ2v) is 17.9. The van der Waals surface area contributed by atoms with Gasteiger partial charge < -0.3 is 53.5 Å². The van der Waals surface area contributed by atoms with Crippen LogP contribution in [0.25, 0.3) is 0 Å². The largest absolute Gasteiger partial charge is 0.491 e. The molecule has 12 N–H and O–H groups in total. The van der Waals surface area contributed by atoms with E-state index in [1.807, 2.05) is 121 Å². The topological polar surface area (TPSA) is 264 Å². The SMILES string of the molecule is NC(N)=NCCCC(NC(=O)C1(C(=O)NCC(c2ccccc2)c2ccccc2)CCCC1)O[B]OC(CCCN=C(N)N)NC(=O)C1(C(=O)NCC(c2ccccc2)c2ccccc2)CCCC1. The van der Waals surface area contributed by atoms with E-state index in [4.69, 9.17) is 32.2 Å². The number of aliphatic imine (C=N–C) groups is 2. The Morgan fingerprint density at radius 1 is 0.493 bits per heavy atom. The summed E-state index contributed by atoms with van der Waals surface area (Å²) < 4.78 is 12.2. The van der Waals surface area contributed by atoms with Crippen LogP contribution in [0.2, 0.25) is 0 Å². The number of guanidine groups is 2. The minimum absolute atomic E-state index is 0.0717. The van der Waals surface area contributed by atoms with Gasteiger partial charge in [0, 0.05) is 38.0 Å². The van der Waals surface area contributed by atoms with E-state index < -0.39 is 35.1 Å². The first kappa shape index (κ1) is 51.7. The second kappa shape index (κ2) is 26.2. The molecule has 0 bridgehead atoms. The smallest absolute Gasteiger partial charge is 0.393 e. The quantitative estimate of drug-likeness (QED) is 0.0109. The van der Waals surface area contributed by atoms with Crippen molar-refractivity contribution < 1.29 is 28.5 Å². The summed E-state index contributed by atoms with van der Waals surface area (Å²) in [6.07, 6.45) is 3.67. The van der Waals surface area contributed by atoms with Gasteiger partial charge in [0.2, 0.25) is 23.6 Å². The summed E-state index contributed by atoms with van der Waals surface area (Å²) in [5, 5.41) is 12.2. The predicted molar refractivity (Wildman–Crippen MR) is 269 cm³/mol. The number of carbonyl (C=O) groups excluding carboxylic acids is 4. The average Bonchev–Trinajstić information content (AvgIpc) is 4.08. The van der Waals surface area contributed by atoms with Gasteiger partial charge in [-0.25, -0.2) is 0 Å². The lowest BCUT2D eigenvalue weighted by Crippen LogP contribution is -2.54. The van der Waals surface area contributed by atoms with E-state index in [2.05, 4.69) is 31.3 Å². The second-order valence-electron chi connectivity index (χ2n) is 17.9. The fraction of sp³-hybridized carbons (Fsp3) is 0.423. The number of carbonyl (C=O) groups is 4. The summed E-state index contributed by atoms with van der Waals surface area (Å²) in [5.74, 6) is -2.04. The molecule has 0 saturated heterocycles. The number of rotatable bonds is 26. The molecule has 0 spiro atoms. The minimum atomic E-state index is -1.33. The van der Waals surface area contributed by atoms with E-state index in [-0.39, 0.29) is 61.5 Å². The summed E-state index contributed by atoms with van der Waals surface area (Å²) in [4.78, 5) is 65.5. The average molecular weight is 940 g/mol. The maximum atomic E-state index is 14.4. The molecule has 0 aromatic heterocycles. The Hall–Kier alpha value is -6.72. The first-order chi connectivity index (χ1) is 33.5. The summed E-state index contributed by atoms with van der Waals surface area (Å²) in [6, 6.07) is 39.8. The molecule has 2 atom stereocenters. The Labute approximate surface area is 406 Å². The van der Waals surface area contributed by atoms with Crippen molar-refractivity contribution in [2.45, 2.75) is 101 Å². The van der Waals surface area contributed by atoms with Crippen molar-refractivity contribution >= 4 is 43.2 Å². The Balaban J connectivity index is 1.13. The standard InChI is InChI=1S/C52H68BN10O6/c54-49(55)58-33-17-27-43(62-47(66)51(29-13-14-30-51)45(64)60-35-41(37-19-5-1-6-20-37)38-21-7-2-8-22-38)68-53-69-44(28-18-34-59-50(56)57)63-48(67)52(31-15-16-32-52)46(65)61-36-42(39-23-9-3-10-24-39)40-25-11-4-12-26-40/h1-12,19-26,41-44H,13-18,27-36H2,(H,60,64)(H,61,65)(H,62,66)(H,63,67)(H4,54,55,58)(H4,56,57,59). The molecule has 4 aromatic rings. The van der Waals surface area contributed by atoms with E-state index in [0.717, 1.165) is 29.9 Å². The van der Waals surface area contributed by atoms with Crippen LogP contribution in [0.4, 0.5) is 0 Å². The van der Waals surface area contributed by atoms with Gasteiger partial charge in [-0.1, -0.05) is 147 Å². The molecule has 69 heavy (non-hydrogen) atoms. The van der Waals surface area contributed by atoms with Gasteiger partial charge in [0.05, 0.1) is 0 Å². The molecule has 6 rings (SSSR count). The van der Waals surface area contributed by atoms with Gasteiger partial charge in [-0.2, -0.15) is 0 Å². The zero-order chi connectivity index (χ0) is 48.9. The molecular formula is C52H68BN10O6. The number of nitrogens with two attached hydrogens (primary N) is 4. The highest BCUT2D eigenvalue weighted by atomic mass is 16.6. The minimum Gasteiger partial charge on any atom is -0.393 e. The van der Waals surface area contributed by atoms with Crippen molar-refractivity contribution in [1.29, 1.82) is 0 Å². The van der Waals surface area contributed by atoms with Crippen LogP contribution in [-0.2, 0) is 28.5 Å². The third-order valence-electron chi connectivity index (χ3n) is 13.3. The Kier molecular flexibility index (Phi) is 19.6. The van der Waals surface area contributed by atoms with E-state index in [1.165, 1.54) is 0 Å². The molecule has 17 heteroatoms. The lowest BCUT2D eigenvalue weighted by molar-refractivity contribution is -0.146. The van der Waals surface area contributed by atoms with Gasteiger partial charge in [-0.05, 0) is 73.6 Å². The van der Waals surface area contributed by atoms with Crippen molar-refractivity contribution in [3.63, 3.8) is 0 Å². The molecule has 2 saturated carbocycles. The van der Waals surface area contributed by atoms with Gasteiger partial charge >= 0.3 is 7.69 Å². The number of benzene rings is 4. The molecule has 16 nitrogen and oxygen atoms in total. The molecule has 1 radical (unpaired) electrons. The van der Waals surface area contributed by atoms with E-state index in [0.29, 0.717) is 77.3 Å². The number of hydrogen-bond donors (Lipinski definition) is 8. The van der Waals surface area contributed by atoms with E-state index in [1.54, 1.807) is 0 Å². The van der Waals surface area contributed by atoms with Crippen molar-refractivity contribution in [2.75, 3.05) is 26.2 Å². The highest BCUT2D eigenvalue weighted by Crippen LogP contribution is 2.40. The molecular weight excluding hydrogens is 871 g/mol. The molecule has 4 aromatic carbocycles. The van der Waals surface area contributed by atoms with Crippen molar-refractivity contribution in [3.05, 3.63) is 144 Å². The molecule has 2 unspecified atom stereocenters. The van der Waals surface area contributed by atoms with Crippen molar-refractivity contribution in [3.8, 4) is 0 Å². The first-order valence-electron chi connectivity index (χ1n) is 24.1. The summed E-state index contributed by atoms with van der Waals surface area (Å²) in [5.41, 5.74) is 23.9. The lowest BCUT2D eigenvalue weighted by Gasteiger charge is -2.31. The van der Waals surface area contributed by atoms with Crippen LogP contribution in [0, 0.1) is 10.8 Å². The molecule has 365 valence electrons. The highest BCUT2D eigenvalue weighted by molar-refractivity contribution is 6.18. The molecule has 0 aliphatic heterocycles. The van der Waals surface area contributed by atoms with Crippen molar-refractivity contribution in [2.24, 2.45) is 43.7 Å². The van der Waals surface area contributed by atoms with Gasteiger partial charge in [-0.15, -0.1) is 0 Å². The monoisotopic (exact) mass is 940 g/mol. The zero-order valence-corrected chi connectivity index (χ0v) is 39.4. The lowest BCUT2D eigenvalue weighted by atomic mass is 9.83. The van der Waals surface area contributed by atoms with Crippen LogP contribution in [0.15, 0.2) is 131 Å². The molecule has 4 amide bonds. The fourth-order valence-corrected chi connectivity index (χ4v) is 9.45.